The Kier molecular flexibility index (Phi) is 3.06. The Bertz CT molecular complexity index is 292. The van der Waals surface area contributed by atoms with Crippen LogP contribution in [0.1, 0.15) is 42.9 Å². The highest BCUT2D eigenvalue weighted by Crippen LogP contribution is 2.15. The molecule has 0 aliphatic rings. The van der Waals surface area contributed by atoms with Gasteiger partial charge < -0.3 is 9.72 Å². The van der Waals surface area contributed by atoms with Crippen molar-refractivity contribution in [3.8, 4) is 0 Å². The first kappa shape index (κ1) is 9.77. The summed E-state index contributed by atoms with van der Waals surface area (Å²) in [5.41, 5.74) is 1.23. The molecule has 1 aromatic rings. The molecule has 0 amide bonds. The van der Waals surface area contributed by atoms with Crippen molar-refractivity contribution in [2.45, 2.75) is 26.7 Å². The van der Waals surface area contributed by atoms with Gasteiger partial charge in [0.1, 0.15) is 0 Å². The van der Waals surface area contributed by atoms with Crippen LogP contribution >= 0.6 is 0 Å². The predicted octanol–water partition coefficient (Wildman–Crippen LogP) is 1.71. The maximum atomic E-state index is 11.3. The van der Waals surface area contributed by atoms with Crippen LogP contribution in [0, 0.1) is 0 Å². The van der Waals surface area contributed by atoms with E-state index in [1.807, 2.05) is 13.8 Å². The summed E-state index contributed by atoms with van der Waals surface area (Å²) in [7, 11) is 0. The van der Waals surface area contributed by atoms with Gasteiger partial charge in [-0.05, 0) is 12.8 Å². The van der Waals surface area contributed by atoms with Crippen LogP contribution in [0.15, 0.2) is 6.33 Å². The van der Waals surface area contributed by atoms with Crippen LogP contribution in [0.25, 0.3) is 0 Å². The standard InChI is InChI=1S/C9H14N2O2/c1-4-13-9(12)8-7(6(2)3)10-5-11-8/h5-6H,4H2,1-3H3,(H,10,11). The summed E-state index contributed by atoms with van der Waals surface area (Å²) in [4.78, 5) is 18.2. The number of rotatable bonds is 3. The molecule has 72 valence electrons. The Morgan fingerprint density at radius 3 is 2.92 bits per heavy atom. The van der Waals surface area contributed by atoms with E-state index in [4.69, 9.17) is 4.74 Å². The Hall–Kier alpha value is -1.32. The number of ether oxygens (including phenoxy) is 1. The van der Waals surface area contributed by atoms with Gasteiger partial charge in [0.25, 0.3) is 0 Å². The molecule has 0 aromatic carbocycles. The van der Waals surface area contributed by atoms with Gasteiger partial charge in [-0.3, -0.25) is 0 Å². The van der Waals surface area contributed by atoms with Gasteiger partial charge in [0.2, 0.25) is 0 Å². The van der Waals surface area contributed by atoms with Gasteiger partial charge in [0, 0.05) is 0 Å². The van der Waals surface area contributed by atoms with Crippen LogP contribution in [0.2, 0.25) is 0 Å². The number of aromatic nitrogens is 2. The van der Waals surface area contributed by atoms with Crippen molar-refractivity contribution >= 4 is 5.97 Å². The van der Waals surface area contributed by atoms with Crippen LogP contribution in [0.5, 0.6) is 0 Å². The highest BCUT2D eigenvalue weighted by molar-refractivity contribution is 5.88. The summed E-state index contributed by atoms with van der Waals surface area (Å²) < 4.78 is 4.86. The van der Waals surface area contributed by atoms with E-state index in [-0.39, 0.29) is 11.9 Å². The molecule has 0 spiro atoms. The maximum absolute atomic E-state index is 11.3. The van der Waals surface area contributed by atoms with E-state index in [0.717, 1.165) is 5.69 Å². The normalized spacial score (nSPS) is 10.5. The molecule has 1 heterocycles. The molecule has 0 radical (unpaired) electrons. The quantitative estimate of drug-likeness (QED) is 0.724. The number of nitrogens with zero attached hydrogens (tertiary/aromatic N) is 1. The van der Waals surface area contributed by atoms with E-state index >= 15 is 0 Å². The predicted molar refractivity (Wildman–Crippen MR) is 48.6 cm³/mol. The van der Waals surface area contributed by atoms with Gasteiger partial charge in [-0.15, -0.1) is 0 Å². The molecule has 4 nitrogen and oxygen atoms in total. The number of hydrogen-bond donors (Lipinski definition) is 1. The Balaban J connectivity index is 2.87. The molecule has 0 bridgehead atoms. The number of H-pyrrole nitrogens is 1. The van der Waals surface area contributed by atoms with Crippen LogP contribution < -0.4 is 0 Å². The fraction of sp³-hybridized carbons (Fsp3) is 0.556. The maximum Gasteiger partial charge on any atom is 0.358 e. The van der Waals surface area contributed by atoms with E-state index in [1.54, 1.807) is 6.92 Å². The summed E-state index contributed by atoms with van der Waals surface area (Å²) >= 11 is 0. The smallest absolute Gasteiger partial charge is 0.358 e. The molecule has 0 aliphatic carbocycles. The second-order valence-corrected chi connectivity index (χ2v) is 3.04. The number of esters is 1. The van der Waals surface area contributed by atoms with Gasteiger partial charge >= 0.3 is 5.97 Å². The zero-order valence-corrected chi connectivity index (χ0v) is 8.13. The van der Waals surface area contributed by atoms with Gasteiger partial charge in [-0.25, -0.2) is 9.78 Å². The lowest BCUT2D eigenvalue weighted by Gasteiger charge is -2.04. The molecule has 0 fully saturated rings. The molecule has 0 aliphatic heterocycles. The molecule has 4 heteroatoms. The fourth-order valence-corrected chi connectivity index (χ4v) is 1.11. The van der Waals surface area contributed by atoms with Crippen LogP contribution in [0.4, 0.5) is 0 Å². The van der Waals surface area contributed by atoms with Crippen LogP contribution in [-0.2, 0) is 4.74 Å². The second kappa shape index (κ2) is 4.07. The average molecular weight is 182 g/mol. The highest BCUT2D eigenvalue weighted by atomic mass is 16.5. The Labute approximate surface area is 77.3 Å². The summed E-state index contributed by atoms with van der Waals surface area (Å²) in [6.45, 7) is 6.15. The van der Waals surface area contributed by atoms with Gasteiger partial charge in [-0.1, -0.05) is 13.8 Å². The average Bonchev–Trinajstić information content (AvgIpc) is 2.52. The number of nitrogens with one attached hydrogen (secondary N) is 1. The van der Waals surface area contributed by atoms with Gasteiger partial charge in [-0.2, -0.15) is 0 Å². The van der Waals surface area contributed by atoms with Crippen LogP contribution in [0.3, 0.4) is 0 Å². The number of hydrogen-bond acceptors (Lipinski definition) is 3. The van der Waals surface area contributed by atoms with Crippen molar-refractivity contribution in [1.82, 2.24) is 9.97 Å². The van der Waals surface area contributed by atoms with Crippen molar-refractivity contribution in [2.75, 3.05) is 6.61 Å². The largest absolute Gasteiger partial charge is 0.461 e. The third-order valence-corrected chi connectivity index (χ3v) is 1.71. The van der Waals surface area contributed by atoms with Crippen LogP contribution in [-0.4, -0.2) is 22.5 Å². The SMILES string of the molecule is CCOC(=O)c1nc[nH]c1C(C)C. The minimum Gasteiger partial charge on any atom is -0.461 e. The second-order valence-electron chi connectivity index (χ2n) is 3.04. The molecule has 0 unspecified atom stereocenters. The van der Waals surface area contributed by atoms with Gasteiger partial charge in [0.05, 0.1) is 18.6 Å². The van der Waals surface area contributed by atoms with Crippen molar-refractivity contribution < 1.29 is 9.53 Å². The van der Waals surface area contributed by atoms with Crippen molar-refractivity contribution in [1.29, 1.82) is 0 Å². The number of carbonyl (C=O) groups is 1. The molecule has 0 saturated heterocycles. The molecule has 1 aromatic heterocycles. The third kappa shape index (κ3) is 2.08. The van der Waals surface area contributed by atoms with Crippen molar-refractivity contribution in [3.63, 3.8) is 0 Å². The number of aromatic amines is 1. The number of imidazole rings is 1. The molecule has 13 heavy (non-hydrogen) atoms. The van der Waals surface area contributed by atoms with Crippen molar-refractivity contribution in [3.05, 3.63) is 17.7 Å². The van der Waals surface area contributed by atoms with E-state index in [9.17, 15) is 4.79 Å². The minimum atomic E-state index is -0.354. The van der Waals surface area contributed by atoms with E-state index in [2.05, 4.69) is 9.97 Å². The first-order chi connectivity index (χ1) is 6.16. The van der Waals surface area contributed by atoms with E-state index in [0.29, 0.717) is 12.3 Å². The topological polar surface area (TPSA) is 55.0 Å². The third-order valence-electron chi connectivity index (χ3n) is 1.71. The lowest BCUT2D eigenvalue weighted by atomic mass is 10.1. The fourth-order valence-electron chi connectivity index (χ4n) is 1.11. The molecule has 0 atom stereocenters. The first-order valence-electron chi connectivity index (χ1n) is 4.37. The molecular formula is C9H14N2O2. The zero-order chi connectivity index (χ0) is 9.84. The molecule has 1 N–H and O–H groups in total. The summed E-state index contributed by atoms with van der Waals surface area (Å²) in [6.07, 6.45) is 1.52. The minimum absolute atomic E-state index is 0.252. The molecule has 1 rings (SSSR count). The van der Waals surface area contributed by atoms with E-state index in [1.165, 1.54) is 6.33 Å². The lowest BCUT2D eigenvalue weighted by Crippen LogP contribution is -2.08. The summed E-state index contributed by atoms with van der Waals surface area (Å²) in [5, 5.41) is 0. The Morgan fingerprint density at radius 2 is 2.38 bits per heavy atom. The molecule has 0 saturated carbocycles. The summed E-state index contributed by atoms with van der Waals surface area (Å²) in [6, 6.07) is 0. The van der Waals surface area contributed by atoms with Gasteiger partial charge in [0.15, 0.2) is 5.69 Å². The highest BCUT2D eigenvalue weighted by Gasteiger charge is 2.17. The Morgan fingerprint density at radius 1 is 1.69 bits per heavy atom. The van der Waals surface area contributed by atoms with E-state index < -0.39 is 0 Å². The lowest BCUT2D eigenvalue weighted by molar-refractivity contribution is 0.0518. The monoisotopic (exact) mass is 182 g/mol. The zero-order valence-electron chi connectivity index (χ0n) is 8.13. The number of carbonyl (C=O) groups excluding carboxylic acids is 1. The first-order valence-corrected chi connectivity index (χ1v) is 4.37. The summed E-state index contributed by atoms with van der Waals surface area (Å²) in [5.74, 6) is -0.102. The van der Waals surface area contributed by atoms with Crippen molar-refractivity contribution in [2.24, 2.45) is 0 Å². The molecular weight excluding hydrogens is 168 g/mol.